The minimum atomic E-state index is -4.88. The maximum Gasteiger partial charge on any atom is 0.573 e. The monoisotopic (exact) mass is 463 g/mol. The number of hydrogen-bond donors (Lipinski definition) is 3. The first kappa shape index (κ1) is 21.8. The van der Waals surface area contributed by atoms with Crippen molar-refractivity contribution < 1.29 is 32.9 Å². The number of halogens is 4. The maximum atomic E-state index is 13.0. The van der Waals surface area contributed by atoms with E-state index in [0.29, 0.717) is 29.0 Å². The van der Waals surface area contributed by atoms with Gasteiger partial charge in [-0.25, -0.2) is 0 Å². The molecule has 0 spiro atoms. The molecule has 5 nitrogen and oxygen atoms in total. The first-order chi connectivity index (χ1) is 15.1. The number of phenols is 2. The molecule has 166 valence electrons. The van der Waals surface area contributed by atoms with E-state index in [1.54, 1.807) is 18.2 Å². The van der Waals surface area contributed by atoms with Gasteiger partial charge in [0.05, 0.1) is 5.41 Å². The number of anilines is 1. The van der Waals surface area contributed by atoms with Crippen LogP contribution in [0.2, 0.25) is 5.02 Å². The fraction of sp³-hybridized carbons (Fsp3) is 0.174. The molecule has 0 aromatic heterocycles. The average Bonchev–Trinajstić information content (AvgIpc) is 3.53. The predicted octanol–water partition coefficient (Wildman–Crippen LogP) is 5.99. The van der Waals surface area contributed by atoms with E-state index in [0.717, 1.165) is 6.07 Å². The van der Waals surface area contributed by atoms with Crippen molar-refractivity contribution in [2.45, 2.75) is 24.6 Å². The van der Waals surface area contributed by atoms with Crippen LogP contribution in [0.5, 0.6) is 17.2 Å². The molecule has 1 aliphatic carbocycles. The van der Waals surface area contributed by atoms with E-state index in [1.807, 2.05) is 0 Å². The van der Waals surface area contributed by atoms with Crippen molar-refractivity contribution in [3.63, 3.8) is 0 Å². The number of carbonyl (C=O) groups is 1. The Kier molecular flexibility index (Phi) is 5.42. The molecule has 1 fully saturated rings. The Hall–Kier alpha value is -3.39. The van der Waals surface area contributed by atoms with Gasteiger partial charge in [-0.2, -0.15) is 0 Å². The van der Waals surface area contributed by atoms with Gasteiger partial charge in [0.15, 0.2) is 11.5 Å². The molecule has 32 heavy (non-hydrogen) atoms. The number of hydrogen-bond acceptors (Lipinski definition) is 4. The fourth-order valence-electron chi connectivity index (χ4n) is 3.52. The van der Waals surface area contributed by atoms with Crippen LogP contribution in [0.3, 0.4) is 0 Å². The Morgan fingerprint density at radius 1 is 0.969 bits per heavy atom. The second-order valence-electron chi connectivity index (χ2n) is 7.51. The average molecular weight is 464 g/mol. The van der Waals surface area contributed by atoms with Gasteiger partial charge in [-0.15, -0.1) is 13.2 Å². The van der Waals surface area contributed by atoms with Crippen molar-refractivity contribution in [3.8, 4) is 28.4 Å². The lowest BCUT2D eigenvalue weighted by Crippen LogP contribution is -2.27. The van der Waals surface area contributed by atoms with Crippen molar-refractivity contribution >= 4 is 23.2 Å². The number of phenolic OH excluding ortho intramolecular Hbond substituents is 2. The van der Waals surface area contributed by atoms with Gasteiger partial charge in [0.1, 0.15) is 5.75 Å². The van der Waals surface area contributed by atoms with Crippen molar-refractivity contribution in [2.75, 3.05) is 5.32 Å². The topological polar surface area (TPSA) is 78.8 Å². The SMILES string of the molecule is O=C(Nc1ccc(OC(F)(F)F)c(-c2ccc(Cl)cc2)c1)C1(c2ccc(O)c(O)c2)CC1. The number of ether oxygens (including phenoxy) is 1. The fourth-order valence-corrected chi connectivity index (χ4v) is 3.65. The molecule has 9 heteroatoms. The molecule has 0 unspecified atom stereocenters. The lowest BCUT2D eigenvalue weighted by Gasteiger charge is -2.18. The lowest BCUT2D eigenvalue weighted by atomic mass is 9.94. The summed E-state index contributed by atoms with van der Waals surface area (Å²) in [5, 5.41) is 22.5. The van der Waals surface area contributed by atoms with E-state index in [4.69, 9.17) is 11.6 Å². The van der Waals surface area contributed by atoms with Crippen molar-refractivity contribution in [1.29, 1.82) is 0 Å². The second-order valence-corrected chi connectivity index (χ2v) is 7.94. The summed E-state index contributed by atoms with van der Waals surface area (Å²) in [7, 11) is 0. The van der Waals surface area contributed by atoms with Crippen LogP contribution in [0.4, 0.5) is 18.9 Å². The molecule has 0 bridgehead atoms. The molecule has 3 N–H and O–H groups in total. The van der Waals surface area contributed by atoms with Crippen LogP contribution in [0.15, 0.2) is 60.7 Å². The predicted molar refractivity (Wildman–Crippen MR) is 113 cm³/mol. The Morgan fingerprint density at radius 3 is 2.25 bits per heavy atom. The number of rotatable bonds is 5. The van der Waals surface area contributed by atoms with Gasteiger partial charge in [-0.05, 0) is 66.4 Å². The van der Waals surface area contributed by atoms with Crippen LogP contribution in [-0.2, 0) is 10.2 Å². The summed E-state index contributed by atoms with van der Waals surface area (Å²) in [6.07, 6.45) is -3.82. The second kappa shape index (κ2) is 7.94. The molecule has 0 aliphatic heterocycles. The summed E-state index contributed by atoms with van der Waals surface area (Å²) >= 11 is 5.88. The van der Waals surface area contributed by atoms with Gasteiger partial charge in [-0.3, -0.25) is 4.79 Å². The van der Waals surface area contributed by atoms with E-state index in [9.17, 15) is 28.2 Å². The third-order valence-electron chi connectivity index (χ3n) is 5.33. The first-order valence-corrected chi connectivity index (χ1v) is 9.95. The van der Waals surface area contributed by atoms with Crippen LogP contribution >= 0.6 is 11.6 Å². The van der Waals surface area contributed by atoms with Crippen LogP contribution in [0.1, 0.15) is 18.4 Å². The molecule has 3 aromatic rings. The molecule has 1 aliphatic rings. The lowest BCUT2D eigenvalue weighted by molar-refractivity contribution is -0.274. The van der Waals surface area contributed by atoms with E-state index in [-0.39, 0.29) is 28.7 Å². The largest absolute Gasteiger partial charge is 0.573 e. The summed E-state index contributed by atoms with van der Waals surface area (Å²) in [6, 6.07) is 14.2. The van der Waals surface area contributed by atoms with E-state index >= 15 is 0 Å². The zero-order valence-corrected chi connectivity index (χ0v) is 17.2. The standard InChI is InChI=1S/C23H17ClF3NO4/c24-15-4-1-13(2-5-15)17-12-16(6-8-20(17)32-23(25,26)27)28-21(31)22(9-10-22)14-3-7-18(29)19(30)11-14/h1-8,11-12,29-30H,9-10H2,(H,28,31). The molecule has 0 radical (unpaired) electrons. The Balaban J connectivity index is 1.65. The van der Waals surface area contributed by atoms with E-state index in [2.05, 4.69) is 10.1 Å². The summed E-state index contributed by atoms with van der Waals surface area (Å²) in [5.74, 6) is -1.41. The summed E-state index contributed by atoms with van der Waals surface area (Å²) in [5.41, 5.74) is 0.495. The molecule has 0 atom stereocenters. The Morgan fingerprint density at radius 2 is 1.66 bits per heavy atom. The third-order valence-corrected chi connectivity index (χ3v) is 5.58. The Bertz CT molecular complexity index is 1170. The molecular formula is C23H17ClF3NO4. The number of benzene rings is 3. The smallest absolute Gasteiger partial charge is 0.504 e. The Labute approximate surface area is 186 Å². The summed E-state index contributed by atoms with van der Waals surface area (Å²) < 4.78 is 42.8. The molecule has 0 saturated heterocycles. The number of alkyl halides is 3. The zero-order valence-electron chi connectivity index (χ0n) is 16.4. The van der Waals surface area contributed by atoms with Gasteiger partial charge in [0.25, 0.3) is 0 Å². The minimum Gasteiger partial charge on any atom is -0.504 e. The molecule has 3 aromatic carbocycles. The maximum absolute atomic E-state index is 13.0. The highest BCUT2D eigenvalue weighted by molar-refractivity contribution is 6.30. The highest BCUT2D eigenvalue weighted by Crippen LogP contribution is 2.50. The third kappa shape index (κ3) is 4.45. The van der Waals surface area contributed by atoms with Gasteiger partial charge in [0, 0.05) is 16.3 Å². The van der Waals surface area contributed by atoms with Crippen LogP contribution in [-0.4, -0.2) is 22.5 Å². The van der Waals surface area contributed by atoms with Crippen molar-refractivity contribution in [2.24, 2.45) is 0 Å². The van der Waals surface area contributed by atoms with Crippen LogP contribution in [0.25, 0.3) is 11.1 Å². The van der Waals surface area contributed by atoms with Gasteiger partial charge in [-0.1, -0.05) is 29.8 Å². The van der Waals surface area contributed by atoms with Crippen LogP contribution in [0, 0.1) is 0 Å². The van der Waals surface area contributed by atoms with Gasteiger partial charge in [0.2, 0.25) is 5.91 Å². The van der Waals surface area contributed by atoms with Crippen LogP contribution < -0.4 is 10.1 Å². The van der Waals surface area contributed by atoms with Crippen molar-refractivity contribution in [3.05, 3.63) is 71.2 Å². The first-order valence-electron chi connectivity index (χ1n) is 9.57. The number of aromatic hydroxyl groups is 2. The normalized spacial score (nSPS) is 14.6. The van der Waals surface area contributed by atoms with Gasteiger partial charge < -0.3 is 20.3 Å². The molecule has 0 heterocycles. The molecular weight excluding hydrogens is 447 g/mol. The van der Waals surface area contributed by atoms with E-state index < -0.39 is 17.5 Å². The minimum absolute atomic E-state index is 0.129. The molecule has 4 rings (SSSR count). The van der Waals surface area contributed by atoms with E-state index in [1.165, 1.54) is 36.4 Å². The number of amides is 1. The molecule has 1 amide bonds. The number of carbonyl (C=O) groups excluding carboxylic acids is 1. The summed E-state index contributed by atoms with van der Waals surface area (Å²) in [6.45, 7) is 0. The highest BCUT2D eigenvalue weighted by atomic mass is 35.5. The zero-order chi connectivity index (χ0) is 23.1. The highest BCUT2D eigenvalue weighted by Gasteiger charge is 2.51. The summed E-state index contributed by atoms with van der Waals surface area (Å²) in [4.78, 5) is 13.0. The van der Waals surface area contributed by atoms with Crippen molar-refractivity contribution in [1.82, 2.24) is 0 Å². The molecule has 1 saturated carbocycles. The van der Waals surface area contributed by atoms with Gasteiger partial charge >= 0.3 is 6.36 Å². The quantitative estimate of drug-likeness (QED) is 0.406. The number of nitrogens with one attached hydrogen (secondary N) is 1.